The Hall–Kier alpha value is -1.24. The van der Waals surface area contributed by atoms with Crippen LogP contribution in [0.2, 0.25) is 0 Å². The molecular formula is C12H20F3N3O. The number of allylic oxidation sites excluding steroid dienone is 1. The van der Waals surface area contributed by atoms with Gasteiger partial charge in [0.05, 0.1) is 0 Å². The van der Waals surface area contributed by atoms with Crippen LogP contribution in [0.1, 0.15) is 32.1 Å². The number of nitrogens with two attached hydrogens (primary N) is 1. The lowest BCUT2D eigenvalue weighted by Crippen LogP contribution is -2.43. The molecule has 0 saturated heterocycles. The summed E-state index contributed by atoms with van der Waals surface area (Å²) in [6.07, 6.45) is 2.84. The summed E-state index contributed by atoms with van der Waals surface area (Å²) in [7, 11) is 0. The Kier molecular flexibility index (Phi) is 6.14. The van der Waals surface area contributed by atoms with Gasteiger partial charge in [-0.15, -0.1) is 0 Å². The molecule has 4 N–H and O–H groups in total. The first-order chi connectivity index (χ1) is 8.95. The van der Waals surface area contributed by atoms with Crippen LogP contribution in [-0.4, -0.2) is 30.3 Å². The molecule has 0 spiro atoms. The zero-order chi connectivity index (χ0) is 14.3. The molecule has 0 bridgehead atoms. The Morgan fingerprint density at radius 3 is 2.74 bits per heavy atom. The van der Waals surface area contributed by atoms with Crippen LogP contribution < -0.4 is 11.1 Å². The summed E-state index contributed by atoms with van der Waals surface area (Å²) < 4.78 is 37.8. The highest BCUT2D eigenvalue weighted by atomic mass is 19.4. The monoisotopic (exact) mass is 279 g/mol. The van der Waals surface area contributed by atoms with Crippen molar-refractivity contribution in [3.05, 3.63) is 11.6 Å². The van der Waals surface area contributed by atoms with E-state index in [0.29, 0.717) is 6.54 Å². The van der Waals surface area contributed by atoms with E-state index >= 15 is 0 Å². The molecule has 4 nitrogen and oxygen atoms in total. The number of halogens is 3. The highest BCUT2D eigenvalue weighted by Gasteiger charge is 2.42. The molecule has 1 atom stereocenters. The predicted octanol–water partition coefficient (Wildman–Crippen LogP) is 2.39. The van der Waals surface area contributed by atoms with Crippen molar-refractivity contribution in [1.82, 2.24) is 5.32 Å². The van der Waals surface area contributed by atoms with Crippen LogP contribution in [-0.2, 0) is 0 Å². The van der Waals surface area contributed by atoms with Crippen LogP contribution in [0.25, 0.3) is 0 Å². The van der Waals surface area contributed by atoms with Crippen molar-refractivity contribution >= 4 is 5.84 Å². The Balaban J connectivity index is 2.34. The molecule has 1 rings (SSSR count). The third kappa shape index (κ3) is 5.50. The highest BCUT2D eigenvalue weighted by molar-refractivity contribution is 5.83. The van der Waals surface area contributed by atoms with E-state index in [4.69, 9.17) is 10.9 Å². The van der Waals surface area contributed by atoms with Crippen molar-refractivity contribution in [3.8, 4) is 0 Å². The Morgan fingerprint density at radius 2 is 2.21 bits per heavy atom. The first kappa shape index (κ1) is 15.8. The lowest BCUT2D eigenvalue weighted by Gasteiger charge is -2.20. The van der Waals surface area contributed by atoms with Crippen LogP contribution >= 0.6 is 0 Å². The number of oxime groups is 1. The van der Waals surface area contributed by atoms with E-state index in [1.165, 1.54) is 12.0 Å². The van der Waals surface area contributed by atoms with Crippen molar-refractivity contribution in [2.45, 2.75) is 38.3 Å². The van der Waals surface area contributed by atoms with Gasteiger partial charge in [-0.1, -0.05) is 16.8 Å². The summed E-state index contributed by atoms with van der Waals surface area (Å²) in [4.78, 5) is 0. The van der Waals surface area contributed by atoms with Gasteiger partial charge in [0.25, 0.3) is 0 Å². The molecular weight excluding hydrogens is 259 g/mol. The first-order valence-electron chi connectivity index (χ1n) is 6.38. The van der Waals surface area contributed by atoms with E-state index < -0.39 is 17.9 Å². The van der Waals surface area contributed by atoms with E-state index in [1.54, 1.807) is 0 Å². The summed E-state index contributed by atoms with van der Waals surface area (Å²) in [5.74, 6) is -2.75. The highest BCUT2D eigenvalue weighted by Crippen LogP contribution is 2.26. The molecule has 1 unspecified atom stereocenters. The fraction of sp³-hybridized carbons (Fsp3) is 0.750. The summed E-state index contributed by atoms with van der Waals surface area (Å²) >= 11 is 0. The van der Waals surface area contributed by atoms with Crippen molar-refractivity contribution in [1.29, 1.82) is 0 Å². The standard InChI is InChI=1S/C12H20F3N3O/c13-12(14,15)10(11(16)18-19)8-17-7-6-9-4-2-1-3-5-9/h4,10,17,19H,1-3,5-8H2,(H2,16,18). The first-order valence-corrected chi connectivity index (χ1v) is 6.38. The molecule has 110 valence electrons. The molecule has 0 radical (unpaired) electrons. The smallest absolute Gasteiger partial charge is 0.400 e. The van der Waals surface area contributed by atoms with E-state index in [9.17, 15) is 13.2 Å². The van der Waals surface area contributed by atoms with Gasteiger partial charge in [-0.2, -0.15) is 13.2 Å². The summed E-state index contributed by atoms with van der Waals surface area (Å²) in [5, 5.41) is 13.5. The molecule has 0 heterocycles. The number of rotatable bonds is 6. The minimum absolute atomic E-state index is 0.368. The molecule has 0 amide bonds. The van der Waals surface area contributed by atoms with Crippen LogP contribution in [0.15, 0.2) is 16.8 Å². The minimum Gasteiger partial charge on any atom is -0.409 e. The second-order valence-corrected chi connectivity index (χ2v) is 4.68. The van der Waals surface area contributed by atoms with E-state index in [1.807, 2.05) is 0 Å². The summed E-state index contributed by atoms with van der Waals surface area (Å²) in [5.41, 5.74) is 6.35. The van der Waals surface area contributed by atoms with Gasteiger partial charge in [0.15, 0.2) is 5.84 Å². The Labute approximate surface area is 110 Å². The molecule has 1 aliphatic rings. The molecule has 0 saturated carbocycles. The van der Waals surface area contributed by atoms with E-state index in [-0.39, 0.29) is 6.54 Å². The molecule has 1 aliphatic carbocycles. The topological polar surface area (TPSA) is 70.6 Å². The van der Waals surface area contributed by atoms with Crippen molar-refractivity contribution in [3.63, 3.8) is 0 Å². The van der Waals surface area contributed by atoms with E-state index in [2.05, 4.69) is 16.5 Å². The number of alkyl halides is 3. The number of hydrogen-bond acceptors (Lipinski definition) is 3. The number of nitrogens with one attached hydrogen (secondary N) is 1. The summed E-state index contributed by atoms with van der Waals surface area (Å²) in [6.45, 7) is 0.101. The normalized spacial score (nSPS) is 19.1. The van der Waals surface area contributed by atoms with E-state index in [0.717, 1.165) is 25.7 Å². The third-order valence-electron chi connectivity index (χ3n) is 3.22. The fourth-order valence-electron chi connectivity index (χ4n) is 2.08. The van der Waals surface area contributed by atoms with Gasteiger partial charge in [-0.3, -0.25) is 0 Å². The average Bonchev–Trinajstić information content (AvgIpc) is 2.37. The average molecular weight is 279 g/mol. The Bertz CT molecular complexity index is 340. The third-order valence-corrected chi connectivity index (χ3v) is 3.22. The van der Waals surface area contributed by atoms with Crippen LogP contribution in [0.4, 0.5) is 13.2 Å². The lowest BCUT2D eigenvalue weighted by atomic mass is 9.97. The van der Waals surface area contributed by atoms with Gasteiger partial charge in [0.2, 0.25) is 0 Å². The molecule has 0 aromatic heterocycles. The summed E-state index contributed by atoms with van der Waals surface area (Å²) in [6, 6.07) is 0. The van der Waals surface area contributed by atoms with Crippen molar-refractivity contribution < 1.29 is 18.4 Å². The van der Waals surface area contributed by atoms with Gasteiger partial charge in [-0.05, 0) is 38.6 Å². The van der Waals surface area contributed by atoms with Gasteiger partial charge < -0.3 is 16.3 Å². The van der Waals surface area contributed by atoms with Gasteiger partial charge in [-0.25, -0.2) is 0 Å². The van der Waals surface area contributed by atoms with Crippen molar-refractivity contribution in [2.24, 2.45) is 16.8 Å². The van der Waals surface area contributed by atoms with Crippen LogP contribution in [0, 0.1) is 5.92 Å². The predicted molar refractivity (Wildman–Crippen MR) is 67.0 cm³/mol. The maximum atomic E-state index is 12.6. The number of nitrogens with zero attached hydrogens (tertiary/aromatic N) is 1. The zero-order valence-corrected chi connectivity index (χ0v) is 10.7. The molecule has 0 aliphatic heterocycles. The number of hydrogen-bond donors (Lipinski definition) is 3. The largest absolute Gasteiger partial charge is 0.409 e. The Morgan fingerprint density at radius 1 is 1.47 bits per heavy atom. The van der Waals surface area contributed by atoms with Crippen LogP contribution in [0.3, 0.4) is 0 Å². The lowest BCUT2D eigenvalue weighted by molar-refractivity contribution is -0.154. The van der Waals surface area contributed by atoms with Crippen molar-refractivity contribution in [2.75, 3.05) is 13.1 Å². The van der Waals surface area contributed by atoms with Gasteiger partial charge in [0, 0.05) is 6.54 Å². The molecule has 7 heteroatoms. The maximum absolute atomic E-state index is 12.6. The minimum atomic E-state index is -4.51. The molecule has 0 fully saturated rings. The maximum Gasteiger partial charge on any atom is 0.400 e. The van der Waals surface area contributed by atoms with Gasteiger partial charge >= 0.3 is 6.18 Å². The molecule has 0 aromatic carbocycles. The molecule has 0 aromatic rings. The zero-order valence-electron chi connectivity index (χ0n) is 10.7. The SMILES string of the molecule is NC(=NO)C(CNCCC1=CCCCC1)C(F)(F)F. The molecule has 19 heavy (non-hydrogen) atoms. The van der Waals surface area contributed by atoms with Crippen LogP contribution in [0.5, 0.6) is 0 Å². The quantitative estimate of drug-likeness (QED) is 0.175. The fourth-order valence-corrected chi connectivity index (χ4v) is 2.08. The second kappa shape index (κ2) is 7.37. The number of amidine groups is 1. The van der Waals surface area contributed by atoms with Gasteiger partial charge in [0.1, 0.15) is 5.92 Å². The second-order valence-electron chi connectivity index (χ2n) is 4.68.